The van der Waals surface area contributed by atoms with E-state index in [1.807, 2.05) is 19.1 Å². The standard InChI is InChI=1S/C15H14O4S/c1-2-13(16)10-3-6-12(7-4-10)20-9-11-5-8-14(19-11)15(17)18/h3-8H,2,9H2,1H3,(H,17,18). The summed E-state index contributed by atoms with van der Waals surface area (Å²) in [6.07, 6.45) is 0.497. The molecule has 0 saturated heterocycles. The van der Waals surface area contributed by atoms with Gasteiger partial charge in [0.2, 0.25) is 5.76 Å². The van der Waals surface area contributed by atoms with Crippen molar-refractivity contribution in [2.24, 2.45) is 0 Å². The number of hydrogen-bond acceptors (Lipinski definition) is 4. The Bertz CT molecular complexity index is 613. The molecule has 1 aromatic heterocycles. The number of thioether (sulfide) groups is 1. The Kier molecular flexibility index (Phi) is 4.63. The smallest absolute Gasteiger partial charge is 0.371 e. The molecule has 2 rings (SSSR count). The molecule has 0 bridgehead atoms. The van der Waals surface area contributed by atoms with Crippen LogP contribution in [0.3, 0.4) is 0 Å². The van der Waals surface area contributed by atoms with Gasteiger partial charge >= 0.3 is 5.97 Å². The van der Waals surface area contributed by atoms with Gasteiger partial charge in [0, 0.05) is 16.9 Å². The molecule has 1 heterocycles. The van der Waals surface area contributed by atoms with Gasteiger partial charge in [0.1, 0.15) is 5.76 Å². The maximum atomic E-state index is 11.5. The summed E-state index contributed by atoms with van der Waals surface area (Å²) in [6, 6.07) is 10.5. The maximum absolute atomic E-state index is 11.5. The SMILES string of the molecule is CCC(=O)c1ccc(SCc2ccc(C(=O)O)o2)cc1. The zero-order valence-corrected chi connectivity index (χ0v) is 11.8. The minimum Gasteiger partial charge on any atom is -0.475 e. The second-order valence-electron chi connectivity index (χ2n) is 4.16. The first-order valence-electron chi connectivity index (χ1n) is 6.18. The number of carbonyl (C=O) groups excluding carboxylic acids is 1. The second kappa shape index (κ2) is 6.43. The Morgan fingerprint density at radius 3 is 2.40 bits per heavy atom. The van der Waals surface area contributed by atoms with Crippen LogP contribution in [0.25, 0.3) is 0 Å². The Morgan fingerprint density at radius 1 is 1.15 bits per heavy atom. The highest BCUT2D eigenvalue weighted by Gasteiger charge is 2.09. The zero-order chi connectivity index (χ0) is 14.5. The predicted molar refractivity (Wildman–Crippen MR) is 76.3 cm³/mol. The fraction of sp³-hybridized carbons (Fsp3) is 0.200. The summed E-state index contributed by atoms with van der Waals surface area (Å²) in [5.74, 6) is 0.168. The largest absolute Gasteiger partial charge is 0.475 e. The predicted octanol–water partition coefficient (Wildman–Crippen LogP) is 3.86. The van der Waals surface area contributed by atoms with Crippen molar-refractivity contribution in [2.75, 3.05) is 0 Å². The average Bonchev–Trinajstić information content (AvgIpc) is 2.94. The molecule has 0 unspecified atom stereocenters. The Labute approximate surface area is 120 Å². The van der Waals surface area contributed by atoms with Gasteiger partial charge in [0.25, 0.3) is 0 Å². The highest BCUT2D eigenvalue weighted by Crippen LogP contribution is 2.24. The monoisotopic (exact) mass is 290 g/mol. The fourth-order valence-electron chi connectivity index (χ4n) is 1.67. The van der Waals surface area contributed by atoms with E-state index in [9.17, 15) is 9.59 Å². The first kappa shape index (κ1) is 14.4. The number of aromatic carboxylic acids is 1. The number of hydrogen-bond donors (Lipinski definition) is 1. The van der Waals surface area contributed by atoms with E-state index in [2.05, 4.69) is 0 Å². The molecule has 0 aliphatic heterocycles. The van der Waals surface area contributed by atoms with Gasteiger partial charge in [-0.15, -0.1) is 11.8 Å². The van der Waals surface area contributed by atoms with Crippen molar-refractivity contribution >= 4 is 23.5 Å². The van der Waals surface area contributed by atoms with Gasteiger partial charge in [-0.1, -0.05) is 19.1 Å². The van der Waals surface area contributed by atoms with Crippen LogP contribution in [-0.2, 0) is 5.75 Å². The van der Waals surface area contributed by atoms with Crippen LogP contribution < -0.4 is 0 Å². The summed E-state index contributed by atoms with van der Waals surface area (Å²) in [5.41, 5.74) is 0.711. The first-order valence-corrected chi connectivity index (χ1v) is 7.16. The highest BCUT2D eigenvalue weighted by atomic mass is 32.2. The molecule has 5 heteroatoms. The van der Waals surface area contributed by atoms with E-state index in [4.69, 9.17) is 9.52 Å². The van der Waals surface area contributed by atoms with Crippen LogP contribution >= 0.6 is 11.8 Å². The molecule has 1 aromatic carbocycles. The van der Waals surface area contributed by atoms with Crippen LogP contribution in [0.4, 0.5) is 0 Å². The second-order valence-corrected chi connectivity index (χ2v) is 5.21. The topological polar surface area (TPSA) is 67.5 Å². The van der Waals surface area contributed by atoms with Gasteiger partial charge in [-0.05, 0) is 24.3 Å². The maximum Gasteiger partial charge on any atom is 0.371 e. The van der Waals surface area contributed by atoms with Crippen molar-refractivity contribution in [3.63, 3.8) is 0 Å². The number of furan rings is 1. The molecule has 0 aliphatic carbocycles. The van der Waals surface area contributed by atoms with Crippen LogP contribution in [0.5, 0.6) is 0 Å². The number of ketones is 1. The Morgan fingerprint density at radius 2 is 1.85 bits per heavy atom. The highest BCUT2D eigenvalue weighted by molar-refractivity contribution is 7.98. The van der Waals surface area contributed by atoms with Gasteiger partial charge in [-0.3, -0.25) is 4.79 Å². The lowest BCUT2D eigenvalue weighted by atomic mass is 10.1. The van der Waals surface area contributed by atoms with Crippen molar-refractivity contribution in [1.29, 1.82) is 0 Å². The summed E-state index contributed by atoms with van der Waals surface area (Å²) in [6.45, 7) is 1.84. The summed E-state index contributed by atoms with van der Waals surface area (Å²) >= 11 is 1.53. The summed E-state index contributed by atoms with van der Waals surface area (Å²) in [4.78, 5) is 23.2. The van der Waals surface area contributed by atoms with E-state index < -0.39 is 5.97 Å². The van der Waals surface area contributed by atoms with Gasteiger partial charge in [-0.25, -0.2) is 4.79 Å². The molecule has 0 fully saturated rings. The van der Waals surface area contributed by atoms with Crippen molar-refractivity contribution in [3.8, 4) is 0 Å². The lowest BCUT2D eigenvalue weighted by Crippen LogP contribution is -1.95. The van der Waals surface area contributed by atoms with E-state index in [0.717, 1.165) is 4.90 Å². The quantitative estimate of drug-likeness (QED) is 0.646. The lowest BCUT2D eigenvalue weighted by Gasteiger charge is -2.01. The van der Waals surface area contributed by atoms with Crippen LogP contribution in [0, 0.1) is 0 Å². The third-order valence-electron chi connectivity index (χ3n) is 2.75. The zero-order valence-electron chi connectivity index (χ0n) is 11.0. The molecule has 0 amide bonds. The molecule has 2 aromatic rings. The molecule has 0 saturated carbocycles. The summed E-state index contributed by atoms with van der Waals surface area (Å²) in [5, 5.41) is 8.76. The number of carbonyl (C=O) groups is 2. The van der Waals surface area contributed by atoms with Crippen LogP contribution in [-0.4, -0.2) is 16.9 Å². The van der Waals surface area contributed by atoms with E-state index in [1.54, 1.807) is 18.2 Å². The number of rotatable bonds is 6. The van der Waals surface area contributed by atoms with Gasteiger partial charge in [0.05, 0.1) is 5.75 Å². The van der Waals surface area contributed by atoms with Crippen LogP contribution in [0.1, 0.15) is 40.0 Å². The normalized spacial score (nSPS) is 10.4. The average molecular weight is 290 g/mol. The van der Waals surface area contributed by atoms with Gasteiger partial charge < -0.3 is 9.52 Å². The van der Waals surface area contributed by atoms with Crippen molar-refractivity contribution in [3.05, 3.63) is 53.5 Å². The molecule has 104 valence electrons. The van der Waals surface area contributed by atoms with Crippen LogP contribution in [0.15, 0.2) is 45.7 Å². The first-order chi connectivity index (χ1) is 9.60. The fourth-order valence-corrected chi connectivity index (χ4v) is 2.46. The molecular formula is C15H14O4S. The molecule has 0 atom stereocenters. The molecular weight excluding hydrogens is 276 g/mol. The van der Waals surface area contributed by atoms with Crippen molar-refractivity contribution in [2.45, 2.75) is 24.0 Å². The molecule has 0 spiro atoms. The van der Waals surface area contributed by atoms with E-state index in [-0.39, 0.29) is 11.5 Å². The minimum atomic E-state index is -1.07. The molecule has 20 heavy (non-hydrogen) atoms. The third-order valence-corrected chi connectivity index (χ3v) is 3.79. The van der Waals surface area contributed by atoms with E-state index in [1.165, 1.54) is 17.8 Å². The molecule has 0 aliphatic rings. The number of Topliss-reactive ketones (excluding diaryl/α,β-unsaturated/α-hetero) is 1. The van der Waals surface area contributed by atoms with Crippen LogP contribution in [0.2, 0.25) is 0 Å². The van der Waals surface area contributed by atoms with Crippen molar-refractivity contribution < 1.29 is 19.1 Å². The third kappa shape index (κ3) is 3.51. The summed E-state index contributed by atoms with van der Waals surface area (Å²) in [7, 11) is 0. The number of carboxylic acid groups (broad SMARTS) is 1. The van der Waals surface area contributed by atoms with Gasteiger partial charge in [-0.2, -0.15) is 0 Å². The molecule has 0 radical (unpaired) electrons. The summed E-state index contributed by atoms with van der Waals surface area (Å²) < 4.78 is 5.17. The van der Waals surface area contributed by atoms with E-state index in [0.29, 0.717) is 23.5 Å². The number of carboxylic acids is 1. The van der Waals surface area contributed by atoms with Gasteiger partial charge in [0.15, 0.2) is 5.78 Å². The number of benzene rings is 1. The minimum absolute atomic E-state index is 0.0514. The Balaban J connectivity index is 1.96. The molecule has 4 nitrogen and oxygen atoms in total. The Hall–Kier alpha value is -2.01. The van der Waals surface area contributed by atoms with E-state index >= 15 is 0 Å². The van der Waals surface area contributed by atoms with Crippen molar-refractivity contribution in [1.82, 2.24) is 0 Å². The lowest BCUT2D eigenvalue weighted by molar-refractivity contribution is 0.0660. The molecule has 1 N–H and O–H groups in total.